The molecular formula is C10H10FN3O3. The lowest BCUT2D eigenvalue weighted by molar-refractivity contribution is -0.388. The molecule has 1 fully saturated rings. The molecule has 0 saturated carbocycles. The molecular weight excluding hydrogens is 229 g/mol. The van der Waals surface area contributed by atoms with Crippen LogP contribution < -0.4 is 4.90 Å². The highest BCUT2D eigenvalue weighted by molar-refractivity contribution is 5.85. The van der Waals surface area contributed by atoms with Crippen LogP contribution in [0, 0.1) is 10.1 Å². The maximum absolute atomic E-state index is 13.3. The lowest BCUT2D eigenvalue weighted by atomic mass is 10.1. The van der Waals surface area contributed by atoms with Gasteiger partial charge < -0.3 is 15.0 Å². The standard InChI is InChI=1S/C10H10FN3O3/c11-7-6-13(5-3-9(7)15)8-2-1-4-12-10(8)14(16)17/h1-2,4,7H,3,5-6H2/t7-/m0/s1. The number of carbonyl (C=O) groups excluding carboxylic acids is 1. The molecule has 1 aromatic rings. The van der Waals surface area contributed by atoms with E-state index in [1.807, 2.05) is 0 Å². The molecule has 2 rings (SSSR count). The third kappa shape index (κ3) is 2.22. The molecule has 17 heavy (non-hydrogen) atoms. The maximum Gasteiger partial charge on any atom is 0.387 e. The minimum Gasteiger partial charge on any atom is -0.361 e. The summed E-state index contributed by atoms with van der Waals surface area (Å²) in [5, 5.41) is 10.8. The molecule has 1 atom stereocenters. The van der Waals surface area contributed by atoms with Gasteiger partial charge in [0, 0.05) is 13.0 Å². The summed E-state index contributed by atoms with van der Waals surface area (Å²) in [5.74, 6) is -0.762. The number of piperidine rings is 1. The van der Waals surface area contributed by atoms with Crippen molar-refractivity contribution in [2.24, 2.45) is 0 Å². The molecule has 6 nitrogen and oxygen atoms in total. The molecule has 1 aliphatic rings. The normalized spacial score (nSPS) is 20.4. The largest absolute Gasteiger partial charge is 0.387 e. The number of Topliss-reactive ketones (excluding diaryl/α,β-unsaturated/α-hetero) is 1. The van der Waals surface area contributed by atoms with Crippen molar-refractivity contribution in [3.05, 3.63) is 28.4 Å². The number of halogens is 1. The van der Waals surface area contributed by atoms with Crippen molar-refractivity contribution in [3.8, 4) is 0 Å². The Morgan fingerprint density at radius 3 is 3.00 bits per heavy atom. The van der Waals surface area contributed by atoms with Crippen molar-refractivity contribution >= 4 is 17.3 Å². The van der Waals surface area contributed by atoms with E-state index in [1.165, 1.54) is 17.2 Å². The molecule has 0 aliphatic carbocycles. The van der Waals surface area contributed by atoms with Crippen molar-refractivity contribution in [1.82, 2.24) is 4.98 Å². The second-order valence-electron chi connectivity index (χ2n) is 3.73. The molecule has 0 radical (unpaired) electrons. The van der Waals surface area contributed by atoms with Gasteiger partial charge in [-0.1, -0.05) is 0 Å². The van der Waals surface area contributed by atoms with Crippen molar-refractivity contribution < 1.29 is 14.1 Å². The maximum atomic E-state index is 13.3. The highest BCUT2D eigenvalue weighted by Crippen LogP contribution is 2.27. The number of anilines is 1. The second-order valence-corrected chi connectivity index (χ2v) is 3.73. The highest BCUT2D eigenvalue weighted by Gasteiger charge is 2.30. The van der Waals surface area contributed by atoms with E-state index in [-0.39, 0.29) is 31.0 Å². The third-order valence-corrected chi connectivity index (χ3v) is 2.64. The van der Waals surface area contributed by atoms with E-state index in [0.717, 1.165) is 0 Å². The highest BCUT2D eigenvalue weighted by atomic mass is 19.1. The number of carbonyl (C=O) groups is 1. The van der Waals surface area contributed by atoms with E-state index in [1.54, 1.807) is 6.07 Å². The molecule has 0 amide bonds. The molecule has 0 spiro atoms. The molecule has 2 heterocycles. The Labute approximate surface area is 96.2 Å². The smallest absolute Gasteiger partial charge is 0.361 e. The van der Waals surface area contributed by atoms with E-state index < -0.39 is 16.9 Å². The summed E-state index contributed by atoms with van der Waals surface area (Å²) in [7, 11) is 0. The van der Waals surface area contributed by atoms with Gasteiger partial charge in [0.05, 0.1) is 6.54 Å². The number of nitro groups is 1. The summed E-state index contributed by atoms with van der Waals surface area (Å²) in [6.07, 6.45) is -0.208. The summed E-state index contributed by atoms with van der Waals surface area (Å²) >= 11 is 0. The second kappa shape index (κ2) is 4.44. The molecule has 0 N–H and O–H groups in total. The van der Waals surface area contributed by atoms with Gasteiger partial charge in [0.25, 0.3) is 0 Å². The SMILES string of the molecule is O=C1CCN(c2cccnc2[N+](=O)[O-])C[C@@H]1F. The van der Waals surface area contributed by atoms with Gasteiger partial charge in [-0.15, -0.1) is 0 Å². The first-order valence-corrected chi connectivity index (χ1v) is 5.10. The summed E-state index contributed by atoms with van der Waals surface area (Å²) < 4.78 is 13.3. The van der Waals surface area contributed by atoms with Crippen LogP contribution in [0.1, 0.15) is 6.42 Å². The number of alkyl halides is 1. The van der Waals surface area contributed by atoms with Gasteiger partial charge in [-0.25, -0.2) is 4.39 Å². The first kappa shape index (κ1) is 11.4. The fourth-order valence-electron chi connectivity index (χ4n) is 1.78. The van der Waals surface area contributed by atoms with Crippen LogP contribution in [-0.2, 0) is 4.79 Å². The first-order valence-electron chi connectivity index (χ1n) is 5.10. The summed E-state index contributed by atoms with van der Waals surface area (Å²) in [5.41, 5.74) is 0.257. The number of aromatic nitrogens is 1. The van der Waals surface area contributed by atoms with Crippen molar-refractivity contribution in [2.75, 3.05) is 18.0 Å². The van der Waals surface area contributed by atoms with Gasteiger partial charge in [0.15, 0.2) is 12.0 Å². The lowest BCUT2D eigenvalue weighted by Crippen LogP contribution is -2.42. The first-order chi connectivity index (χ1) is 8.09. The monoisotopic (exact) mass is 239 g/mol. The van der Waals surface area contributed by atoms with Crippen LogP contribution in [0.25, 0.3) is 0 Å². The molecule has 1 saturated heterocycles. The Balaban J connectivity index is 2.28. The molecule has 0 aromatic carbocycles. The zero-order valence-corrected chi connectivity index (χ0v) is 8.88. The lowest BCUT2D eigenvalue weighted by Gasteiger charge is -2.29. The minimum absolute atomic E-state index is 0.0627. The number of nitrogens with zero attached hydrogens (tertiary/aromatic N) is 3. The van der Waals surface area contributed by atoms with Crippen LogP contribution in [0.4, 0.5) is 15.9 Å². The molecule has 7 heteroatoms. The van der Waals surface area contributed by atoms with Crippen LogP contribution in [0.5, 0.6) is 0 Å². The average molecular weight is 239 g/mol. The van der Waals surface area contributed by atoms with E-state index in [0.29, 0.717) is 0 Å². The Hall–Kier alpha value is -2.05. The molecule has 0 bridgehead atoms. The zero-order valence-electron chi connectivity index (χ0n) is 8.88. The molecule has 0 unspecified atom stereocenters. The summed E-state index contributed by atoms with van der Waals surface area (Å²) in [4.78, 5) is 26.3. The number of hydrogen-bond donors (Lipinski definition) is 0. The van der Waals surface area contributed by atoms with Crippen LogP contribution in [0.15, 0.2) is 18.3 Å². The third-order valence-electron chi connectivity index (χ3n) is 2.64. The number of pyridine rings is 1. The Morgan fingerprint density at radius 2 is 2.35 bits per heavy atom. The minimum atomic E-state index is -1.58. The fourth-order valence-corrected chi connectivity index (χ4v) is 1.78. The summed E-state index contributed by atoms with van der Waals surface area (Å²) in [6, 6.07) is 3.06. The topological polar surface area (TPSA) is 76.3 Å². The zero-order chi connectivity index (χ0) is 12.4. The predicted octanol–water partition coefficient (Wildman–Crippen LogP) is 1.11. The molecule has 1 aromatic heterocycles. The fraction of sp³-hybridized carbons (Fsp3) is 0.400. The van der Waals surface area contributed by atoms with Crippen LogP contribution >= 0.6 is 0 Å². The van der Waals surface area contributed by atoms with Gasteiger partial charge in [-0.3, -0.25) is 4.79 Å². The van der Waals surface area contributed by atoms with Gasteiger partial charge >= 0.3 is 5.82 Å². The Morgan fingerprint density at radius 1 is 1.59 bits per heavy atom. The van der Waals surface area contributed by atoms with Crippen LogP contribution in [0.3, 0.4) is 0 Å². The predicted molar refractivity (Wildman–Crippen MR) is 57.6 cm³/mol. The molecule has 1 aliphatic heterocycles. The van der Waals surface area contributed by atoms with Gasteiger partial charge in [0.2, 0.25) is 0 Å². The van der Waals surface area contributed by atoms with E-state index in [4.69, 9.17) is 0 Å². The van der Waals surface area contributed by atoms with Crippen LogP contribution in [0.2, 0.25) is 0 Å². The summed E-state index contributed by atoms with van der Waals surface area (Å²) in [6.45, 7) is 0.136. The molecule has 90 valence electrons. The number of rotatable bonds is 2. The number of hydrogen-bond acceptors (Lipinski definition) is 5. The van der Waals surface area contributed by atoms with E-state index >= 15 is 0 Å². The van der Waals surface area contributed by atoms with E-state index in [2.05, 4.69) is 4.98 Å². The van der Waals surface area contributed by atoms with Crippen LogP contribution in [-0.4, -0.2) is 35.0 Å². The van der Waals surface area contributed by atoms with E-state index in [9.17, 15) is 19.3 Å². The van der Waals surface area contributed by atoms with Gasteiger partial charge in [-0.2, -0.15) is 0 Å². The Kier molecular flexibility index (Phi) is 2.99. The number of ketones is 1. The van der Waals surface area contributed by atoms with Crippen molar-refractivity contribution in [3.63, 3.8) is 0 Å². The van der Waals surface area contributed by atoms with Crippen molar-refractivity contribution in [1.29, 1.82) is 0 Å². The quantitative estimate of drug-likeness (QED) is 0.570. The van der Waals surface area contributed by atoms with Gasteiger partial charge in [0.1, 0.15) is 11.9 Å². The van der Waals surface area contributed by atoms with Crippen molar-refractivity contribution in [2.45, 2.75) is 12.6 Å². The average Bonchev–Trinajstić information content (AvgIpc) is 2.32. The Bertz CT molecular complexity index is 466. The van der Waals surface area contributed by atoms with Gasteiger partial charge in [-0.05, 0) is 22.0 Å².